The first-order chi connectivity index (χ1) is 16.2. The second kappa shape index (κ2) is 8.88. The highest BCUT2D eigenvalue weighted by molar-refractivity contribution is 7.91. The van der Waals surface area contributed by atoms with Crippen LogP contribution < -0.4 is 5.32 Å². The predicted octanol–water partition coefficient (Wildman–Crippen LogP) is 4.51. The van der Waals surface area contributed by atoms with Crippen molar-refractivity contribution in [2.24, 2.45) is 5.92 Å². The molecule has 5 rings (SSSR count). The monoisotopic (exact) mass is 515 g/mol. The zero-order chi connectivity index (χ0) is 24.0. The number of amides is 1. The average Bonchev–Trinajstić information content (AvgIpc) is 3.54. The molecular formula is C23H25N5O3S3. The Bertz CT molecular complexity index is 1460. The van der Waals surface area contributed by atoms with Gasteiger partial charge in [-0.25, -0.2) is 13.4 Å². The van der Waals surface area contributed by atoms with Crippen LogP contribution in [0.3, 0.4) is 0 Å². The fourth-order valence-electron chi connectivity index (χ4n) is 4.31. The molecule has 0 bridgehead atoms. The standard InChI is InChI=1S/C23H25N5O3S3/c1-14-11-15(2)21-18(12-14)33-23(25-21)28-19(13-16(3)26-28)24-22(29)17-6-8-27(9-7-17)34(30,31)20-5-4-10-32-20/h4-5,10-13,17H,6-9H2,1-3H3,(H,24,29). The van der Waals surface area contributed by atoms with Crippen LogP contribution in [-0.2, 0) is 14.8 Å². The normalized spacial score (nSPS) is 15.7. The highest BCUT2D eigenvalue weighted by Crippen LogP contribution is 2.31. The number of aryl methyl sites for hydroxylation is 3. The Morgan fingerprint density at radius 1 is 1.15 bits per heavy atom. The lowest BCUT2D eigenvalue weighted by atomic mass is 9.97. The molecule has 0 spiro atoms. The summed E-state index contributed by atoms with van der Waals surface area (Å²) in [5.41, 5.74) is 4.00. The van der Waals surface area contributed by atoms with Crippen molar-refractivity contribution in [3.05, 3.63) is 52.5 Å². The van der Waals surface area contributed by atoms with Crippen LogP contribution >= 0.6 is 22.7 Å². The van der Waals surface area contributed by atoms with Crippen LogP contribution in [0, 0.1) is 26.7 Å². The quantitative estimate of drug-likeness (QED) is 0.422. The summed E-state index contributed by atoms with van der Waals surface area (Å²) >= 11 is 2.75. The molecule has 0 aliphatic carbocycles. The molecule has 1 aliphatic heterocycles. The van der Waals surface area contributed by atoms with E-state index in [1.807, 2.05) is 19.9 Å². The first-order valence-corrected chi connectivity index (χ1v) is 14.2. The van der Waals surface area contributed by atoms with E-state index in [4.69, 9.17) is 4.98 Å². The highest BCUT2D eigenvalue weighted by atomic mass is 32.2. The molecule has 0 saturated carbocycles. The Kier molecular flexibility index (Phi) is 6.05. The first-order valence-electron chi connectivity index (χ1n) is 11.0. The van der Waals surface area contributed by atoms with E-state index in [-0.39, 0.29) is 11.8 Å². The highest BCUT2D eigenvalue weighted by Gasteiger charge is 2.33. The van der Waals surface area contributed by atoms with E-state index in [1.54, 1.807) is 22.2 Å². The summed E-state index contributed by atoms with van der Waals surface area (Å²) < 4.78 is 30.1. The van der Waals surface area contributed by atoms with E-state index in [1.165, 1.54) is 32.5 Å². The van der Waals surface area contributed by atoms with Crippen LogP contribution in [0.4, 0.5) is 5.82 Å². The van der Waals surface area contributed by atoms with Gasteiger partial charge in [-0.3, -0.25) is 4.79 Å². The number of carbonyl (C=O) groups is 1. The van der Waals surface area contributed by atoms with Gasteiger partial charge in [-0.15, -0.1) is 11.3 Å². The number of hydrogen-bond acceptors (Lipinski definition) is 7. The van der Waals surface area contributed by atoms with Gasteiger partial charge in [0.05, 0.1) is 15.9 Å². The van der Waals surface area contributed by atoms with Gasteiger partial charge in [0.25, 0.3) is 10.0 Å². The number of rotatable bonds is 5. The molecule has 34 heavy (non-hydrogen) atoms. The van der Waals surface area contributed by atoms with Crippen molar-refractivity contribution >= 4 is 54.6 Å². The van der Waals surface area contributed by atoms with Gasteiger partial charge in [0.2, 0.25) is 11.0 Å². The molecule has 8 nitrogen and oxygen atoms in total. The number of sulfonamides is 1. The maximum atomic E-state index is 13.1. The van der Waals surface area contributed by atoms with Gasteiger partial charge in [-0.1, -0.05) is 23.5 Å². The van der Waals surface area contributed by atoms with Crippen molar-refractivity contribution in [3.63, 3.8) is 0 Å². The third-order valence-corrected chi connectivity index (χ3v) is 10.2. The summed E-state index contributed by atoms with van der Waals surface area (Å²) in [7, 11) is -3.49. The van der Waals surface area contributed by atoms with Gasteiger partial charge in [0.15, 0.2) is 0 Å². The minimum atomic E-state index is -3.49. The SMILES string of the molecule is Cc1cc(C)c2nc(-n3nc(C)cc3NC(=O)C3CCN(S(=O)(=O)c4cccs4)CC3)sc2c1. The smallest absolute Gasteiger partial charge is 0.252 e. The van der Waals surface area contributed by atoms with Gasteiger partial charge in [-0.05, 0) is 62.3 Å². The van der Waals surface area contributed by atoms with Crippen LogP contribution in [0.2, 0.25) is 0 Å². The fourth-order valence-corrected chi connectivity index (χ4v) is 8.03. The number of piperidine rings is 1. The number of nitrogens with one attached hydrogen (secondary N) is 1. The molecule has 4 heterocycles. The van der Waals surface area contributed by atoms with Gasteiger partial charge in [-0.2, -0.15) is 14.1 Å². The van der Waals surface area contributed by atoms with Crippen molar-refractivity contribution in [1.82, 2.24) is 19.1 Å². The van der Waals surface area contributed by atoms with Gasteiger partial charge in [0.1, 0.15) is 10.0 Å². The van der Waals surface area contributed by atoms with E-state index in [0.717, 1.165) is 21.5 Å². The number of aromatic nitrogens is 3. The van der Waals surface area contributed by atoms with E-state index in [0.29, 0.717) is 41.1 Å². The molecule has 1 fully saturated rings. The third kappa shape index (κ3) is 4.28. The Labute approximate surface area is 206 Å². The van der Waals surface area contributed by atoms with Crippen LogP contribution in [-0.4, -0.2) is 46.5 Å². The Balaban J connectivity index is 1.32. The second-order valence-electron chi connectivity index (χ2n) is 8.61. The maximum Gasteiger partial charge on any atom is 0.252 e. The number of hydrogen-bond donors (Lipinski definition) is 1. The third-order valence-electron chi connectivity index (χ3n) is 6.00. The van der Waals surface area contributed by atoms with Crippen molar-refractivity contribution in [2.75, 3.05) is 18.4 Å². The fraction of sp³-hybridized carbons (Fsp3) is 0.348. The second-order valence-corrected chi connectivity index (χ2v) is 12.7. The number of nitrogens with zero attached hydrogens (tertiary/aromatic N) is 4. The zero-order valence-electron chi connectivity index (χ0n) is 19.1. The molecule has 0 unspecified atom stereocenters. The van der Waals surface area contributed by atoms with Gasteiger partial charge in [0, 0.05) is 25.1 Å². The summed E-state index contributed by atoms with van der Waals surface area (Å²) in [6.07, 6.45) is 0.951. The van der Waals surface area contributed by atoms with Crippen LogP contribution in [0.5, 0.6) is 0 Å². The molecule has 178 valence electrons. The van der Waals surface area contributed by atoms with E-state index >= 15 is 0 Å². The van der Waals surface area contributed by atoms with E-state index < -0.39 is 10.0 Å². The number of thiazole rings is 1. The Hall–Kier alpha value is -2.60. The van der Waals surface area contributed by atoms with Crippen molar-refractivity contribution in [3.8, 4) is 5.13 Å². The lowest BCUT2D eigenvalue weighted by molar-refractivity contribution is -0.120. The summed E-state index contributed by atoms with van der Waals surface area (Å²) in [4.78, 5) is 17.9. The number of fused-ring (bicyclic) bond motifs is 1. The molecule has 3 aromatic heterocycles. The molecule has 1 saturated heterocycles. The zero-order valence-corrected chi connectivity index (χ0v) is 21.6. The van der Waals surface area contributed by atoms with Crippen LogP contribution in [0.25, 0.3) is 15.3 Å². The summed E-state index contributed by atoms with van der Waals surface area (Å²) in [5.74, 6) is 0.186. The molecule has 1 aromatic carbocycles. The average molecular weight is 516 g/mol. The molecule has 1 aliphatic rings. The van der Waals surface area contributed by atoms with Crippen molar-refractivity contribution in [2.45, 2.75) is 37.8 Å². The van der Waals surface area contributed by atoms with Crippen molar-refractivity contribution in [1.29, 1.82) is 0 Å². The number of anilines is 1. The molecular weight excluding hydrogens is 490 g/mol. The van der Waals surface area contributed by atoms with Crippen LogP contribution in [0.1, 0.15) is 29.7 Å². The molecule has 0 radical (unpaired) electrons. The number of thiophene rings is 1. The maximum absolute atomic E-state index is 13.1. The number of carbonyl (C=O) groups excluding carboxylic acids is 1. The Morgan fingerprint density at radius 2 is 1.91 bits per heavy atom. The van der Waals surface area contributed by atoms with E-state index in [9.17, 15) is 13.2 Å². The molecule has 0 atom stereocenters. The lowest BCUT2D eigenvalue weighted by Crippen LogP contribution is -2.41. The lowest BCUT2D eigenvalue weighted by Gasteiger charge is -2.30. The summed E-state index contributed by atoms with van der Waals surface area (Å²) in [6, 6.07) is 9.40. The predicted molar refractivity (Wildman–Crippen MR) is 135 cm³/mol. The molecule has 1 amide bonds. The summed E-state index contributed by atoms with van der Waals surface area (Å²) in [5, 5.41) is 10.0. The topological polar surface area (TPSA) is 97.2 Å². The van der Waals surface area contributed by atoms with Gasteiger partial charge < -0.3 is 5.32 Å². The number of benzene rings is 1. The molecule has 1 N–H and O–H groups in total. The van der Waals surface area contributed by atoms with Gasteiger partial charge >= 0.3 is 0 Å². The molecule has 11 heteroatoms. The Morgan fingerprint density at radius 3 is 2.62 bits per heavy atom. The summed E-state index contributed by atoms with van der Waals surface area (Å²) in [6.45, 7) is 6.64. The van der Waals surface area contributed by atoms with Crippen molar-refractivity contribution < 1.29 is 13.2 Å². The van der Waals surface area contributed by atoms with Crippen LogP contribution in [0.15, 0.2) is 39.9 Å². The minimum Gasteiger partial charge on any atom is -0.310 e. The first kappa shape index (κ1) is 23.2. The minimum absolute atomic E-state index is 0.123. The molecule has 4 aromatic rings. The largest absolute Gasteiger partial charge is 0.310 e. The van der Waals surface area contributed by atoms with E-state index in [2.05, 4.69) is 29.5 Å².